The van der Waals surface area contributed by atoms with Crippen LogP contribution >= 0.6 is 0 Å². The molecule has 0 aliphatic rings. The SMILES string of the molecule is Cc1cc(OC(C)C(=O)Nc2c(C)n(C)n(-c3ccccc3)c2=O)ccc1C(C)C. The van der Waals surface area contributed by atoms with E-state index in [1.54, 1.807) is 25.6 Å². The molecule has 30 heavy (non-hydrogen) atoms. The third-order valence-electron chi connectivity index (χ3n) is 5.35. The molecule has 0 fully saturated rings. The molecule has 0 saturated heterocycles. The number of para-hydroxylation sites is 1. The number of amides is 1. The highest BCUT2D eigenvalue weighted by molar-refractivity contribution is 5.94. The molecule has 0 aliphatic carbocycles. The van der Waals surface area contributed by atoms with Gasteiger partial charge in [0.25, 0.3) is 11.5 Å². The lowest BCUT2D eigenvalue weighted by atomic mass is 9.98. The predicted molar refractivity (Wildman–Crippen MR) is 120 cm³/mol. The first-order valence-corrected chi connectivity index (χ1v) is 10.1. The van der Waals surface area contributed by atoms with Crippen LogP contribution in [0, 0.1) is 13.8 Å². The normalized spacial score (nSPS) is 12.1. The van der Waals surface area contributed by atoms with Gasteiger partial charge in [-0.2, -0.15) is 0 Å². The molecule has 1 aromatic heterocycles. The molecule has 158 valence electrons. The maximum absolute atomic E-state index is 13.0. The largest absolute Gasteiger partial charge is 0.481 e. The van der Waals surface area contributed by atoms with Gasteiger partial charge in [0.1, 0.15) is 11.4 Å². The third-order valence-corrected chi connectivity index (χ3v) is 5.35. The van der Waals surface area contributed by atoms with Crippen molar-refractivity contribution in [3.63, 3.8) is 0 Å². The van der Waals surface area contributed by atoms with Gasteiger partial charge in [0.05, 0.1) is 11.4 Å². The summed E-state index contributed by atoms with van der Waals surface area (Å²) in [6.07, 6.45) is -0.751. The smallest absolute Gasteiger partial charge is 0.295 e. The van der Waals surface area contributed by atoms with Crippen molar-refractivity contribution in [2.24, 2.45) is 7.05 Å². The summed E-state index contributed by atoms with van der Waals surface area (Å²) in [6.45, 7) is 9.80. The molecular formula is C24H29N3O3. The van der Waals surface area contributed by atoms with Crippen molar-refractivity contribution in [2.75, 3.05) is 5.32 Å². The Labute approximate surface area is 177 Å². The lowest BCUT2D eigenvalue weighted by Crippen LogP contribution is -2.32. The Kier molecular flexibility index (Phi) is 6.15. The lowest BCUT2D eigenvalue weighted by Gasteiger charge is -2.16. The van der Waals surface area contributed by atoms with Gasteiger partial charge < -0.3 is 10.1 Å². The summed E-state index contributed by atoms with van der Waals surface area (Å²) in [5, 5.41) is 2.76. The van der Waals surface area contributed by atoms with Gasteiger partial charge in [-0.15, -0.1) is 0 Å². The second-order valence-corrected chi connectivity index (χ2v) is 7.86. The number of ether oxygens (including phenoxy) is 1. The lowest BCUT2D eigenvalue weighted by molar-refractivity contribution is -0.122. The second-order valence-electron chi connectivity index (χ2n) is 7.86. The fourth-order valence-electron chi connectivity index (χ4n) is 3.56. The van der Waals surface area contributed by atoms with Crippen molar-refractivity contribution in [1.29, 1.82) is 0 Å². The molecule has 1 amide bonds. The number of aryl methyl sites for hydroxylation is 1. The van der Waals surface area contributed by atoms with Crippen LogP contribution in [0.1, 0.15) is 43.5 Å². The third kappa shape index (κ3) is 4.17. The van der Waals surface area contributed by atoms with Crippen LogP contribution in [0.5, 0.6) is 5.75 Å². The van der Waals surface area contributed by atoms with Crippen molar-refractivity contribution in [3.05, 3.63) is 75.7 Å². The van der Waals surface area contributed by atoms with Crippen LogP contribution in [0.25, 0.3) is 5.69 Å². The maximum atomic E-state index is 13.0. The standard InChI is InChI=1S/C24H29N3O3/c1-15(2)21-13-12-20(14-16(21)3)30-18(5)23(28)25-22-17(4)26(6)27(24(22)29)19-10-8-7-9-11-19/h7-15,18H,1-6H3,(H,25,28). The molecule has 1 N–H and O–H groups in total. The van der Waals surface area contributed by atoms with Crippen molar-refractivity contribution in [2.45, 2.75) is 46.6 Å². The zero-order chi connectivity index (χ0) is 22.0. The van der Waals surface area contributed by atoms with E-state index in [1.165, 1.54) is 10.2 Å². The van der Waals surface area contributed by atoms with Crippen molar-refractivity contribution >= 4 is 11.6 Å². The summed E-state index contributed by atoms with van der Waals surface area (Å²) in [5.41, 5.74) is 3.76. The van der Waals surface area contributed by atoms with Crippen LogP contribution in [-0.4, -0.2) is 21.4 Å². The molecule has 1 unspecified atom stereocenters. The monoisotopic (exact) mass is 407 g/mol. The number of nitrogens with zero attached hydrogens (tertiary/aromatic N) is 2. The van der Waals surface area contributed by atoms with Gasteiger partial charge in [-0.25, -0.2) is 4.68 Å². The van der Waals surface area contributed by atoms with E-state index < -0.39 is 6.10 Å². The minimum absolute atomic E-state index is 0.258. The van der Waals surface area contributed by atoms with Gasteiger partial charge in [0, 0.05) is 7.05 Å². The van der Waals surface area contributed by atoms with Crippen LogP contribution < -0.4 is 15.6 Å². The first-order valence-electron chi connectivity index (χ1n) is 10.1. The van der Waals surface area contributed by atoms with Crippen molar-refractivity contribution in [3.8, 4) is 11.4 Å². The first kappa shape index (κ1) is 21.4. The molecule has 0 aliphatic heterocycles. The summed E-state index contributed by atoms with van der Waals surface area (Å²) in [5.74, 6) is 0.685. The average Bonchev–Trinajstić information content (AvgIpc) is 2.91. The Morgan fingerprint density at radius 2 is 1.70 bits per heavy atom. The van der Waals surface area contributed by atoms with Gasteiger partial charge in [-0.1, -0.05) is 38.1 Å². The van der Waals surface area contributed by atoms with Gasteiger partial charge in [-0.05, 0) is 62.1 Å². The number of benzene rings is 2. The fourth-order valence-corrected chi connectivity index (χ4v) is 3.56. The quantitative estimate of drug-likeness (QED) is 0.662. The molecule has 0 radical (unpaired) electrons. The molecule has 1 atom stereocenters. The molecule has 3 aromatic rings. The Morgan fingerprint density at radius 1 is 1.03 bits per heavy atom. The zero-order valence-corrected chi connectivity index (χ0v) is 18.4. The number of aromatic nitrogens is 2. The summed E-state index contributed by atoms with van der Waals surface area (Å²) in [4.78, 5) is 25.7. The highest BCUT2D eigenvalue weighted by Crippen LogP contribution is 2.24. The van der Waals surface area contributed by atoms with Crippen LogP contribution in [0.3, 0.4) is 0 Å². The molecule has 1 heterocycles. The number of hydrogen-bond donors (Lipinski definition) is 1. The molecule has 6 heteroatoms. The van der Waals surface area contributed by atoms with Crippen LogP contribution in [-0.2, 0) is 11.8 Å². The number of rotatable bonds is 6. The van der Waals surface area contributed by atoms with Crippen LogP contribution in [0.15, 0.2) is 53.3 Å². The summed E-state index contributed by atoms with van der Waals surface area (Å²) in [7, 11) is 1.79. The molecule has 0 saturated carbocycles. The number of nitrogens with one attached hydrogen (secondary N) is 1. The van der Waals surface area contributed by atoms with E-state index in [1.807, 2.05) is 55.5 Å². The van der Waals surface area contributed by atoms with E-state index in [2.05, 4.69) is 19.2 Å². The minimum atomic E-state index is -0.751. The summed E-state index contributed by atoms with van der Waals surface area (Å²) >= 11 is 0. The van der Waals surface area contributed by atoms with Gasteiger partial charge in [0.15, 0.2) is 6.10 Å². The topological polar surface area (TPSA) is 65.3 Å². The summed E-state index contributed by atoms with van der Waals surface area (Å²) < 4.78 is 9.10. The van der Waals surface area contributed by atoms with Crippen molar-refractivity contribution < 1.29 is 9.53 Å². The Morgan fingerprint density at radius 3 is 2.30 bits per heavy atom. The van der Waals surface area contributed by atoms with E-state index in [0.29, 0.717) is 17.4 Å². The second kappa shape index (κ2) is 8.61. The van der Waals surface area contributed by atoms with Gasteiger partial charge in [-0.3, -0.25) is 14.3 Å². The van der Waals surface area contributed by atoms with Gasteiger partial charge >= 0.3 is 0 Å². The van der Waals surface area contributed by atoms with E-state index >= 15 is 0 Å². The highest BCUT2D eigenvalue weighted by Gasteiger charge is 2.22. The van der Waals surface area contributed by atoms with E-state index in [9.17, 15) is 9.59 Å². The highest BCUT2D eigenvalue weighted by atomic mass is 16.5. The molecule has 3 rings (SSSR count). The van der Waals surface area contributed by atoms with Crippen molar-refractivity contribution in [1.82, 2.24) is 9.36 Å². The number of carbonyl (C=O) groups excluding carboxylic acids is 1. The zero-order valence-electron chi connectivity index (χ0n) is 18.4. The minimum Gasteiger partial charge on any atom is -0.481 e. The van der Waals surface area contributed by atoms with Crippen LogP contribution in [0.4, 0.5) is 5.69 Å². The number of carbonyl (C=O) groups is 1. The Hall–Kier alpha value is -3.28. The average molecular weight is 408 g/mol. The molecule has 0 spiro atoms. The Balaban J connectivity index is 1.79. The Bertz CT molecular complexity index is 1110. The summed E-state index contributed by atoms with van der Waals surface area (Å²) in [6, 6.07) is 15.2. The van der Waals surface area contributed by atoms with E-state index in [0.717, 1.165) is 11.3 Å². The predicted octanol–water partition coefficient (Wildman–Crippen LogP) is 4.32. The molecule has 2 aromatic carbocycles. The molecular weight excluding hydrogens is 378 g/mol. The first-order chi connectivity index (χ1) is 14.2. The fraction of sp³-hybridized carbons (Fsp3) is 0.333. The van der Waals surface area contributed by atoms with Gasteiger partial charge in [0.2, 0.25) is 0 Å². The van der Waals surface area contributed by atoms with Crippen LogP contribution in [0.2, 0.25) is 0 Å². The van der Waals surface area contributed by atoms with E-state index in [-0.39, 0.29) is 17.2 Å². The number of hydrogen-bond acceptors (Lipinski definition) is 3. The maximum Gasteiger partial charge on any atom is 0.295 e. The van der Waals surface area contributed by atoms with E-state index in [4.69, 9.17) is 4.74 Å². The molecule has 6 nitrogen and oxygen atoms in total. The molecule has 0 bridgehead atoms. The number of anilines is 1.